The molecule has 2 aromatic heterocycles. The van der Waals surface area contributed by atoms with E-state index >= 15 is 0 Å². The largest absolute Gasteiger partial charge is 0.443 e. The van der Waals surface area contributed by atoms with Gasteiger partial charge in [-0.3, -0.25) is 4.99 Å². The second-order valence-electron chi connectivity index (χ2n) is 6.29. The Morgan fingerprint density at radius 2 is 2.28 bits per heavy atom. The summed E-state index contributed by atoms with van der Waals surface area (Å²) in [7, 11) is 3.89. The summed E-state index contributed by atoms with van der Waals surface area (Å²) in [6.45, 7) is 3.40. The van der Waals surface area contributed by atoms with Crippen molar-refractivity contribution in [2.24, 2.45) is 10.9 Å². The number of thiophene rings is 1. The van der Waals surface area contributed by atoms with Gasteiger partial charge in [0.25, 0.3) is 0 Å². The van der Waals surface area contributed by atoms with Gasteiger partial charge < -0.3 is 19.4 Å². The molecule has 136 valence electrons. The van der Waals surface area contributed by atoms with E-state index in [-0.39, 0.29) is 0 Å². The molecule has 1 saturated heterocycles. The van der Waals surface area contributed by atoms with Crippen LogP contribution < -0.4 is 5.32 Å². The van der Waals surface area contributed by atoms with E-state index < -0.39 is 0 Å². The van der Waals surface area contributed by atoms with Gasteiger partial charge in [-0.1, -0.05) is 6.07 Å². The van der Waals surface area contributed by atoms with Crippen molar-refractivity contribution in [1.82, 2.24) is 15.2 Å². The van der Waals surface area contributed by atoms with Gasteiger partial charge in [0.2, 0.25) is 5.89 Å². The highest BCUT2D eigenvalue weighted by molar-refractivity contribution is 7.13. The fourth-order valence-corrected chi connectivity index (χ4v) is 3.63. The van der Waals surface area contributed by atoms with E-state index in [9.17, 15) is 0 Å². The number of hydrogen-bond donors (Lipinski definition) is 1. The van der Waals surface area contributed by atoms with Crippen molar-refractivity contribution in [2.75, 3.05) is 33.9 Å². The first-order valence-corrected chi connectivity index (χ1v) is 9.62. The lowest BCUT2D eigenvalue weighted by Crippen LogP contribution is -2.39. The predicted octanol–water partition coefficient (Wildman–Crippen LogP) is 3.23. The molecule has 25 heavy (non-hydrogen) atoms. The third kappa shape index (κ3) is 5.06. The van der Waals surface area contributed by atoms with Crippen molar-refractivity contribution in [3.05, 3.63) is 29.5 Å². The predicted molar refractivity (Wildman–Crippen MR) is 101 cm³/mol. The Balaban J connectivity index is 1.47. The van der Waals surface area contributed by atoms with Crippen molar-refractivity contribution >= 4 is 17.3 Å². The topological polar surface area (TPSA) is 62.9 Å². The molecule has 0 aromatic carbocycles. The third-order valence-electron chi connectivity index (χ3n) is 4.50. The number of nitrogens with one attached hydrogen (secondary N) is 1. The summed E-state index contributed by atoms with van der Waals surface area (Å²) in [6, 6.07) is 4.01. The highest BCUT2D eigenvalue weighted by Crippen LogP contribution is 2.23. The van der Waals surface area contributed by atoms with Crippen molar-refractivity contribution in [3.8, 4) is 10.8 Å². The van der Waals surface area contributed by atoms with Crippen LogP contribution in [0.5, 0.6) is 0 Å². The lowest BCUT2D eigenvalue weighted by molar-refractivity contribution is 0.0625. The fraction of sp³-hybridized carbons (Fsp3) is 0.556. The summed E-state index contributed by atoms with van der Waals surface area (Å²) in [5.74, 6) is 2.32. The van der Waals surface area contributed by atoms with Crippen molar-refractivity contribution in [1.29, 1.82) is 0 Å². The number of aliphatic imine (C=N–C) groups is 1. The second-order valence-corrected chi connectivity index (χ2v) is 7.24. The molecule has 0 saturated carbocycles. The van der Waals surface area contributed by atoms with Crippen LogP contribution in [0.4, 0.5) is 0 Å². The molecule has 0 bridgehead atoms. The Hall–Kier alpha value is -1.86. The smallest absolute Gasteiger partial charge is 0.236 e. The van der Waals surface area contributed by atoms with Crippen LogP contribution in [0.2, 0.25) is 0 Å². The van der Waals surface area contributed by atoms with Gasteiger partial charge in [-0.2, -0.15) is 0 Å². The molecule has 7 heteroatoms. The van der Waals surface area contributed by atoms with Gasteiger partial charge in [0.1, 0.15) is 6.26 Å². The van der Waals surface area contributed by atoms with E-state index in [1.807, 2.05) is 24.6 Å². The van der Waals surface area contributed by atoms with Crippen molar-refractivity contribution < 1.29 is 9.15 Å². The zero-order valence-corrected chi connectivity index (χ0v) is 15.7. The van der Waals surface area contributed by atoms with Crippen LogP contribution in [0.15, 0.2) is 33.2 Å². The Morgan fingerprint density at radius 3 is 3.00 bits per heavy atom. The zero-order chi connectivity index (χ0) is 17.5. The van der Waals surface area contributed by atoms with Gasteiger partial charge in [-0.05, 0) is 36.6 Å². The van der Waals surface area contributed by atoms with Crippen LogP contribution in [0.25, 0.3) is 10.8 Å². The summed E-state index contributed by atoms with van der Waals surface area (Å²) < 4.78 is 11.0. The standard InChI is InChI=1S/C18H26N4O2S/c1-19-18(22(2)8-5-14-6-9-23-10-7-14)20-12-15-13-24-17(21-15)16-4-3-11-25-16/h3-4,11,13-14H,5-10,12H2,1-2H3,(H,19,20). The Labute approximate surface area is 152 Å². The SMILES string of the molecule is CN=C(NCc1coc(-c2cccs2)n1)N(C)CCC1CCOCC1. The second kappa shape index (κ2) is 9.01. The molecule has 0 aliphatic carbocycles. The summed E-state index contributed by atoms with van der Waals surface area (Å²) >= 11 is 1.63. The van der Waals surface area contributed by atoms with Gasteiger partial charge in [0.05, 0.1) is 17.1 Å². The first-order valence-electron chi connectivity index (χ1n) is 8.74. The van der Waals surface area contributed by atoms with E-state index in [0.717, 1.165) is 42.2 Å². The lowest BCUT2D eigenvalue weighted by Gasteiger charge is -2.26. The maximum Gasteiger partial charge on any atom is 0.236 e. The highest BCUT2D eigenvalue weighted by atomic mass is 32.1. The van der Waals surface area contributed by atoms with E-state index in [2.05, 4.69) is 27.2 Å². The number of guanidine groups is 1. The molecule has 1 fully saturated rings. The first-order chi connectivity index (χ1) is 12.3. The van der Waals surface area contributed by atoms with Gasteiger partial charge in [-0.15, -0.1) is 11.3 Å². The molecule has 3 rings (SSSR count). The average molecular weight is 362 g/mol. The van der Waals surface area contributed by atoms with Gasteiger partial charge in [0.15, 0.2) is 5.96 Å². The third-order valence-corrected chi connectivity index (χ3v) is 5.36. The minimum Gasteiger partial charge on any atom is -0.443 e. The van der Waals surface area contributed by atoms with Crippen LogP contribution in [0.1, 0.15) is 25.0 Å². The summed E-state index contributed by atoms with van der Waals surface area (Å²) in [5, 5.41) is 5.38. The zero-order valence-electron chi connectivity index (χ0n) is 14.9. The van der Waals surface area contributed by atoms with Gasteiger partial charge in [-0.25, -0.2) is 4.98 Å². The first kappa shape index (κ1) is 17.9. The minimum absolute atomic E-state index is 0.600. The number of oxazole rings is 1. The summed E-state index contributed by atoms with van der Waals surface area (Å²) in [5.41, 5.74) is 0.877. The number of aromatic nitrogens is 1. The van der Waals surface area contributed by atoms with Crippen LogP contribution in [-0.4, -0.2) is 49.7 Å². The van der Waals surface area contributed by atoms with Gasteiger partial charge in [0, 0.05) is 33.9 Å². The fourth-order valence-electron chi connectivity index (χ4n) is 2.97. The van der Waals surface area contributed by atoms with Crippen LogP contribution in [-0.2, 0) is 11.3 Å². The molecule has 1 aliphatic heterocycles. The molecule has 0 amide bonds. The quantitative estimate of drug-likeness (QED) is 0.631. The van der Waals surface area contributed by atoms with Crippen LogP contribution >= 0.6 is 11.3 Å². The normalized spacial score (nSPS) is 16.2. The molecule has 3 heterocycles. The summed E-state index contributed by atoms with van der Waals surface area (Å²) in [6.07, 6.45) is 5.22. The average Bonchev–Trinajstić information content (AvgIpc) is 3.33. The van der Waals surface area contributed by atoms with Crippen molar-refractivity contribution in [2.45, 2.75) is 25.8 Å². The molecule has 0 unspecified atom stereocenters. The van der Waals surface area contributed by atoms with E-state index in [0.29, 0.717) is 12.4 Å². The minimum atomic E-state index is 0.600. The molecule has 6 nitrogen and oxygen atoms in total. The molecular weight excluding hydrogens is 336 g/mol. The lowest BCUT2D eigenvalue weighted by atomic mass is 9.96. The molecule has 2 aromatic rings. The van der Waals surface area contributed by atoms with E-state index in [1.54, 1.807) is 17.6 Å². The monoisotopic (exact) mass is 362 g/mol. The van der Waals surface area contributed by atoms with E-state index in [1.165, 1.54) is 19.3 Å². The Morgan fingerprint density at radius 1 is 1.44 bits per heavy atom. The van der Waals surface area contributed by atoms with E-state index in [4.69, 9.17) is 9.15 Å². The van der Waals surface area contributed by atoms with Crippen LogP contribution in [0.3, 0.4) is 0 Å². The molecule has 1 N–H and O–H groups in total. The Kier molecular flexibility index (Phi) is 6.47. The number of rotatable bonds is 6. The number of hydrogen-bond acceptors (Lipinski definition) is 5. The number of nitrogens with zero attached hydrogens (tertiary/aromatic N) is 3. The molecule has 0 atom stereocenters. The Bertz CT molecular complexity index is 662. The maximum absolute atomic E-state index is 5.56. The summed E-state index contributed by atoms with van der Waals surface area (Å²) in [4.78, 5) is 12.1. The molecule has 1 aliphatic rings. The van der Waals surface area contributed by atoms with Crippen LogP contribution in [0, 0.1) is 5.92 Å². The maximum atomic E-state index is 5.56. The van der Waals surface area contributed by atoms with Crippen molar-refractivity contribution in [3.63, 3.8) is 0 Å². The van der Waals surface area contributed by atoms with Gasteiger partial charge >= 0.3 is 0 Å². The molecule has 0 radical (unpaired) electrons. The molecule has 0 spiro atoms. The highest BCUT2D eigenvalue weighted by Gasteiger charge is 2.15. The molecular formula is C18H26N4O2S. The number of ether oxygens (including phenoxy) is 1.